The van der Waals surface area contributed by atoms with Gasteiger partial charge in [0.25, 0.3) is 5.01 Å². The molecule has 0 bridgehead atoms. The number of aryl methyl sites for hydroxylation is 1. The van der Waals surface area contributed by atoms with Gasteiger partial charge in [0.15, 0.2) is 0 Å². The predicted octanol–water partition coefficient (Wildman–Crippen LogP) is 3.61. The number of benzene rings is 1. The van der Waals surface area contributed by atoms with E-state index in [1.54, 1.807) is 18.4 Å². The van der Waals surface area contributed by atoms with Crippen molar-refractivity contribution in [2.75, 3.05) is 13.7 Å². The summed E-state index contributed by atoms with van der Waals surface area (Å²) in [7, 11) is 1.70. The number of rotatable bonds is 5. The Morgan fingerprint density at radius 2 is 2.16 bits per heavy atom. The van der Waals surface area contributed by atoms with Gasteiger partial charge < -0.3 is 9.47 Å². The number of allylic oxidation sites excluding steroid dienone is 1. The Bertz CT molecular complexity index is 601. The minimum absolute atomic E-state index is 0.702. The lowest BCUT2D eigenvalue weighted by Gasteiger charge is -2.00. The van der Waals surface area contributed by atoms with Gasteiger partial charge >= 0.3 is 0 Å². The first kappa shape index (κ1) is 13.9. The number of hydrogen-bond donors (Lipinski definition) is 0. The summed E-state index contributed by atoms with van der Waals surface area (Å²) in [4.78, 5) is 0. The molecule has 2 aromatic rings. The average molecular weight is 278 g/mol. The van der Waals surface area contributed by atoms with Gasteiger partial charge in [0.05, 0.1) is 25.9 Å². The molecular formula is C15H20NO2S+. The highest BCUT2D eigenvalue weighted by atomic mass is 32.1. The molecule has 0 fully saturated rings. The van der Waals surface area contributed by atoms with Crippen molar-refractivity contribution in [2.45, 2.75) is 27.3 Å². The van der Waals surface area contributed by atoms with Gasteiger partial charge in [-0.15, -0.1) is 0 Å². The molecule has 0 radical (unpaired) electrons. The quantitative estimate of drug-likeness (QED) is 0.616. The summed E-state index contributed by atoms with van der Waals surface area (Å²) in [6, 6.07) is 6.20. The first-order valence-corrected chi connectivity index (χ1v) is 7.32. The third-order valence-corrected chi connectivity index (χ3v) is 4.06. The lowest BCUT2D eigenvalue weighted by atomic mass is 10.3. The number of methoxy groups -OCH3 is 1. The second-order valence-electron chi connectivity index (χ2n) is 4.21. The van der Waals surface area contributed by atoms with Gasteiger partial charge in [0.1, 0.15) is 22.8 Å². The van der Waals surface area contributed by atoms with E-state index >= 15 is 0 Å². The fourth-order valence-corrected chi connectivity index (χ4v) is 3.28. The van der Waals surface area contributed by atoms with Gasteiger partial charge in [0, 0.05) is 0 Å². The van der Waals surface area contributed by atoms with E-state index in [2.05, 4.69) is 29.7 Å². The molecule has 1 aromatic heterocycles. The van der Waals surface area contributed by atoms with Crippen molar-refractivity contribution in [3.8, 4) is 5.75 Å². The van der Waals surface area contributed by atoms with Crippen LogP contribution in [0.4, 0.5) is 0 Å². The van der Waals surface area contributed by atoms with Crippen molar-refractivity contribution in [3.63, 3.8) is 0 Å². The molecule has 4 heteroatoms. The van der Waals surface area contributed by atoms with Gasteiger partial charge in [-0.3, -0.25) is 0 Å². The molecule has 102 valence electrons. The molecular weight excluding hydrogens is 258 g/mol. The lowest BCUT2D eigenvalue weighted by Crippen LogP contribution is -2.33. The van der Waals surface area contributed by atoms with Crippen LogP contribution in [0.3, 0.4) is 0 Å². The number of aromatic nitrogens is 1. The summed E-state index contributed by atoms with van der Waals surface area (Å²) in [6.45, 7) is 7.78. The highest BCUT2D eigenvalue weighted by Gasteiger charge is 2.18. The number of nitrogens with zero attached hydrogens (tertiary/aromatic N) is 1. The number of thiazole rings is 1. The Balaban J connectivity index is 2.53. The molecule has 19 heavy (non-hydrogen) atoms. The number of ether oxygens (including phenoxy) is 2. The first-order chi connectivity index (χ1) is 9.19. The van der Waals surface area contributed by atoms with Crippen LogP contribution in [0.2, 0.25) is 0 Å². The van der Waals surface area contributed by atoms with Crippen molar-refractivity contribution < 1.29 is 14.0 Å². The molecule has 1 heterocycles. The second kappa shape index (κ2) is 6.06. The van der Waals surface area contributed by atoms with Crippen LogP contribution in [0.1, 0.15) is 25.8 Å². The van der Waals surface area contributed by atoms with Gasteiger partial charge in [0.2, 0.25) is 5.52 Å². The molecule has 0 saturated heterocycles. The monoisotopic (exact) mass is 278 g/mol. The predicted molar refractivity (Wildman–Crippen MR) is 79.5 cm³/mol. The largest absolute Gasteiger partial charge is 0.498 e. The Labute approximate surface area is 118 Å². The molecule has 1 aromatic carbocycles. The van der Waals surface area contributed by atoms with Crippen LogP contribution in [0, 0.1) is 0 Å². The van der Waals surface area contributed by atoms with Crippen LogP contribution in [-0.2, 0) is 11.3 Å². The topological polar surface area (TPSA) is 22.3 Å². The molecule has 0 unspecified atom stereocenters. The van der Waals surface area contributed by atoms with E-state index in [9.17, 15) is 0 Å². The number of fused-ring (bicyclic) bond motifs is 1. The van der Waals surface area contributed by atoms with Crippen molar-refractivity contribution in [1.29, 1.82) is 0 Å². The standard InChI is InChI=1S/C15H20NO2S/c1-5-16-13-10-12(17-4)7-8-14(13)19-15(16)9-11(3)18-6-2/h7-10H,5-6H2,1-4H3/q+1/b11-9-. The van der Waals surface area contributed by atoms with Crippen molar-refractivity contribution in [2.24, 2.45) is 0 Å². The van der Waals surface area contributed by atoms with Crippen molar-refractivity contribution in [3.05, 3.63) is 29.0 Å². The normalized spacial score (nSPS) is 11.9. The smallest absolute Gasteiger partial charge is 0.266 e. The van der Waals surface area contributed by atoms with E-state index in [0.29, 0.717) is 6.61 Å². The summed E-state index contributed by atoms with van der Waals surface area (Å²) in [5.74, 6) is 1.84. The van der Waals surface area contributed by atoms with Crippen LogP contribution in [0.25, 0.3) is 16.3 Å². The Kier molecular flexibility index (Phi) is 4.43. The van der Waals surface area contributed by atoms with Crippen molar-refractivity contribution in [1.82, 2.24) is 0 Å². The molecule has 2 rings (SSSR count). The van der Waals surface area contributed by atoms with E-state index in [1.165, 1.54) is 15.2 Å². The van der Waals surface area contributed by atoms with E-state index in [-0.39, 0.29) is 0 Å². The van der Waals surface area contributed by atoms with Crippen LogP contribution in [-0.4, -0.2) is 13.7 Å². The molecule has 3 nitrogen and oxygen atoms in total. The third kappa shape index (κ3) is 2.89. The van der Waals surface area contributed by atoms with E-state index in [1.807, 2.05) is 19.9 Å². The van der Waals surface area contributed by atoms with Gasteiger partial charge in [-0.1, -0.05) is 11.3 Å². The van der Waals surface area contributed by atoms with Crippen LogP contribution in [0.5, 0.6) is 5.75 Å². The Morgan fingerprint density at radius 1 is 1.37 bits per heavy atom. The highest BCUT2D eigenvalue weighted by Crippen LogP contribution is 2.26. The van der Waals surface area contributed by atoms with Gasteiger partial charge in [-0.05, 0) is 32.9 Å². The lowest BCUT2D eigenvalue weighted by molar-refractivity contribution is -0.665. The zero-order valence-corrected chi connectivity index (χ0v) is 12.7. The fraction of sp³-hybridized carbons (Fsp3) is 0.400. The Hall–Kier alpha value is -1.55. The summed E-state index contributed by atoms with van der Waals surface area (Å²) >= 11 is 1.77. The maximum atomic E-state index is 5.52. The molecule has 0 N–H and O–H groups in total. The molecule has 0 amide bonds. The summed E-state index contributed by atoms with van der Waals surface area (Å²) in [5, 5.41) is 1.21. The third-order valence-electron chi connectivity index (χ3n) is 2.95. The SMILES string of the molecule is CCO/C(C)=C\c1sc2ccc(OC)cc2[n+]1CC. The van der Waals surface area contributed by atoms with E-state index in [0.717, 1.165) is 18.1 Å². The molecule has 0 saturated carbocycles. The summed E-state index contributed by atoms with van der Waals surface area (Å²) in [6.07, 6.45) is 2.10. The maximum absolute atomic E-state index is 5.52. The molecule has 0 spiro atoms. The first-order valence-electron chi connectivity index (χ1n) is 6.51. The van der Waals surface area contributed by atoms with Gasteiger partial charge in [-0.2, -0.15) is 4.57 Å². The number of hydrogen-bond acceptors (Lipinski definition) is 3. The summed E-state index contributed by atoms with van der Waals surface area (Å²) < 4.78 is 14.4. The van der Waals surface area contributed by atoms with Crippen LogP contribution in [0.15, 0.2) is 24.0 Å². The van der Waals surface area contributed by atoms with E-state index in [4.69, 9.17) is 9.47 Å². The molecule has 0 aliphatic heterocycles. The molecule has 0 atom stereocenters. The second-order valence-corrected chi connectivity index (χ2v) is 5.27. The minimum Gasteiger partial charge on any atom is -0.498 e. The molecule has 0 aliphatic carbocycles. The van der Waals surface area contributed by atoms with Crippen molar-refractivity contribution >= 4 is 27.6 Å². The van der Waals surface area contributed by atoms with E-state index < -0.39 is 0 Å². The minimum atomic E-state index is 0.702. The van der Waals surface area contributed by atoms with Crippen LogP contribution < -0.4 is 9.30 Å². The maximum Gasteiger partial charge on any atom is 0.266 e. The van der Waals surface area contributed by atoms with Crippen LogP contribution >= 0.6 is 11.3 Å². The fourth-order valence-electron chi connectivity index (χ4n) is 2.08. The highest BCUT2D eigenvalue weighted by molar-refractivity contribution is 7.18. The zero-order valence-electron chi connectivity index (χ0n) is 11.9. The Morgan fingerprint density at radius 3 is 2.79 bits per heavy atom. The average Bonchev–Trinajstić information content (AvgIpc) is 2.74. The zero-order chi connectivity index (χ0) is 13.8. The molecule has 0 aliphatic rings. The van der Waals surface area contributed by atoms with Gasteiger partial charge in [-0.25, -0.2) is 0 Å². The summed E-state index contributed by atoms with van der Waals surface area (Å²) in [5.41, 5.74) is 1.21.